The molecule has 0 saturated heterocycles. The summed E-state index contributed by atoms with van der Waals surface area (Å²) in [6, 6.07) is 13.3. The van der Waals surface area contributed by atoms with Crippen LogP contribution in [-0.2, 0) is 6.61 Å². The topological polar surface area (TPSA) is 87.4 Å². The summed E-state index contributed by atoms with van der Waals surface area (Å²) >= 11 is 0. The average molecular weight is 295 g/mol. The van der Waals surface area contributed by atoms with E-state index >= 15 is 0 Å². The lowest BCUT2D eigenvalue weighted by molar-refractivity contribution is 0.0691. The monoisotopic (exact) mass is 295 g/mol. The van der Waals surface area contributed by atoms with Gasteiger partial charge in [-0.2, -0.15) is 5.26 Å². The fourth-order valence-electron chi connectivity index (χ4n) is 1.94. The van der Waals surface area contributed by atoms with E-state index < -0.39 is 5.97 Å². The number of rotatable bonds is 5. The molecule has 0 spiro atoms. The van der Waals surface area contributed by atoms with E-state index in [-0.39, 0.29) is 23.5 Å². The fraction of sp³-hybridized carbons (Fsp3) is 0.118. The maximum atomic E-state index is 11.4. The van der Waals surface area contributed by atoms with Gasteiger partial charge in [-0.05, 0) is 42.8 Å². The maximum Gasteiger partial charge on any atom is 0.336 e. The van der Waals surface area contributed by atoms with Gasteiger partial charge in [-0.25, -0.2) is 4.79 Å². The van der Waals surface area contributed by atoms with Gasteiger partial charge in [0.1, 0.15) is 12.4 Å². The molecule has 5 nitrogen and oxygen atoms in total. The van der Waals surface area contributed by atoms with Crippen molar-refractivity contribution in [2.45, 2.75) is 13.5 Å². The standard InChI is InChI=1S/C17H13NO4/c1-11(19)15-7-6-14(8-16(15)17(20)21)22-10-13-4-2-12(9-18)3-5-13/h2-8H,10H2,1H3,(H,20,21). The molecule has 0 bridgehead atoms. The van der Waals surface area contributed by atoms with Crippen molar-refractivity contribution in [1.82, 2.24) is 0 Å². The number of benzene rings is 2. The number of carboxylic acids is 1. The Balaban J connectivity index is 2.16. The minimum Gasteiger partial charge on any atom is -0.489 e. The average Bonchev–Trinajstić information content (AvgIpc) is 2.53. The van der Waals surface area contributed by atoms with E-state index in [1.807, 2.05) is 6.07 Å². The molecule has 0 aliphatic carbocycles. The first kappa shape index (κ1) is 15.3. The first-order valence-corrected chi connectivity index (χ1v) is 6.51. The minimum atomic E-state index is -1.17. The summed E-state index contributed by atoms with van der Waals surface area (Å²) in [6.45, 7) is 1.56. The van der Waals surface area contributed by atoms with Crippen LogP contribution in [0.1, 0.15) is 38.8 Å². The van der Waals surface area contributed by atoms with Crippen LogP contribution in [0, 0.1) is 11.3 Å². The Morgan fingerprint density at radius 3 is 2.36 bits per heavy atom. The summed E-state index contributed by atoms with van der Waals surface area (Å²) in [5.41, 5.74) is 1.48. The quantitative estimate of drug-likeness (QED) is 0.856. The Bertz CT molecular complexity index is 757. The van der Waals surface area contributed by atoms with E-state index in [1.165, 1.54) is 19.1 Å². The normalized spacial score (nSPS) is 9.82. The number of hydrogen-bond acceptors (Lipinski definition) is 4. The van der Waals surface area contributed by atoms with E-state index in [2.05, 4.69) is 0 Å². The summed E-state index contributed by atoms with van der Waals surface area (Å²) in [5.74, 6) is -1.11. The second kappa shape index (κ2) is 6.55. The van der Waals surface area contributed by atoms with Gasteiger partial charge >= 0.3 is 5.97 Å². The molecule has 0 amide bonds. The molecule has 2 aromatic carbocycles. The number of carboxylic acid groups (broad SMARTS) is 1. The molecule has 0 fully saturated rings. The molecule has 2 aromatic rings. The Kier molecular flexibility index (Phi) is 4.54. The molecular weight excluding hydrogens is 282 g/mol. The van der Waals surface area contributed by atoms with E-state index in [1.54, 1.807) is 30.3 Å². The van der Waals surface area contributed by atoms with Crippen LogP contribution in [0.5, 0.6) is 5.75 Å². The van der Waals surface area contributed by atoms with Crippen molar-refractivity contribution in [2.24, 2.45) is 0 Å². The minimum absolute atomic E-state index is 0.0789. The van der Waals surface area contributed by atoms with Gasteiger partial charge in [0, 0.05) is 5.56 Å². The second-order valence-electron chi connectivity index (χ2n) is 4.67. The number of nitriles is 1. The van der Waals surface area contributed by atoms with Gasteiger partial charge in [-0.3, -0.25) is 4.79 Å². The highest BCUT2D eigenvalue weighted by Crippen LogP contribution is 2.20. The van der Waals surface area contributed by atoms with Crippen molar-refractivity contribution < 1.29 is 19.4 Å². The number of carbonyl (C=O) groups excluding carboxylic acids is 1. The van der Waals surface area contributed by atoms with Crippen molar-refractivity contribution >= 4 is 11.8 Å². The number of Topliss-reactive ketones (excluding diaryl/α,β-unsaturated/α-hetero) is 1. The predicted molar refractivity (Wildman–Crippen MR) is 78.9 cm³/mol. The lowest BCUT2D eigenvalue weighted by Crippen LogP contribution is -2.07. The number of aromatic carboxylic acids is 1. The predicted octanol–water partition coefficient (Wildman–Crippen LogP) is 3.04. The third-order valence-corrected chi connectivity index (χ3v) is 3.09. The van der Waals surface area contributed by atoms with Crippen molar-refractivity contribution in [1.29, 1.82) is 5.26 Å². The van der Waals surface area contributed by atoms with Gasteiger partial charge in [-0.1, -0.05) is 12.1 Å². The molecular formula is C17H13NO4. The highest BCUT2D eigenvalue weighted by atomic mass is 16.5. The van der Waals surface area contributed by atoms with Crippen molar-refractivity contribution in [3.63, 3.8) is 0 Å². The number of ether oxygens (including phenoxy) is 1. The highest BCUT2D eigenvalue weighted by Gasteiger charge is 2.14. The molecule has 0 radical (unpaired) electrons. The zero-order valence-corrected chi connectivity index (χ0v) is 11.9. The Morgan fingerprint density at radius 2 is 1.82 bits per heavy atom. The number of ketones is 1. The molecule has 0 unspecified atom stereocenters. The lowest BCUT2D eigenvalue weighted by Gasteiger charge is -2.09. The molecule has 0 atom stereocenters. The molecule has 0 saturated carbocycles. The maximum absolute atomic E-state index is 11.4. The number of carbonyl (C=O) groups is 2. The van der Waals surface area contributed by atoms with E-state index in [4.69, 9.17) is 15.1 Å². The zero-order chi connectivity index (χ0) is 16.1. The van der Waals surface area contributed by atoms with Crippen molar-refractivity contribution in [3.8, 4) is 11.8 Å². The summed E-state index contributed by atoms with van der Waals surface area (Å²) in [6.07, 6.45) is 0. The fourth-order valence-corrected chi connectivity index (χ4v) is 1.94. The summed E-state index contributed by atoms with van der Waals surface area (Å²) in [4.78, 5) is 22.6. The van der Waals surface area contributed by atoms with Gasteiger partial charge in [0.2, 0.25) is 0 Å². The highest BCUT2D eigenvalue weighted by molar-refractivity contribution is 6.05. The first-order chi connectivity index (χ1) is 10.5. The lowest BCUT2D eigenvalue weighted by atomic mass is 10.0. The molecule has 110 valence electrons. The first-order valence-electron chi connectivity index (χ1n) is 6.51. The van der Waals surface area contributed by atoms with Crippen LogP contribution < -0.4 is 4.74 Å². The Hall–Kier alpha value is -3.13. The van der Waals surface area contributed by atoms with Crippen LogP contribution in [-0.4, -0.2) is 16.9 Å². The zero-order valence-electron chi connectivity index (χ0n) is 11.9. The van der Waals surface area contributed by atoms with E-state index in [9.17, 15) is 9.59 Å². The van der Waals surface area contributed by atoms with E-state index in [0.29, 0.717) is 11.3 Å². The van der Waals surface area contributed by atoms with Gasteiger partial charge in [0.15, 0.2) is 5.78 Å². The molecule has 0 heterocycles. The number of hydrogen-bond donors (Lipinski definition) is 1. The van der Waals surface area contributed by atoms with Gasteiger partial charge in [0.25, 0.3) is 0 Å². The molecule has 1 N–H and O–H groups in total. The Labute approximate surface area is 127 Å². The van der Waals surface area contributed by atoms with Crippen LogP contribution in [0.3, 0.4) is 0 Å². The summed E-state index contributed by atoms with van der Waals surface area (Å²) in [7, 11) is 0. The van der Waals surface area contributed by atoms with Crippen LogP contribution >= 0.6 is 0 Å². The smallest absolute Gasteiger partial charge is 0.336 e. The molecule has 0 aliphatic rings. The van der Waals surface area contributed by atoms with Crippen LogP contribution in [0.2, 0.25) is 0 Å². The second-order valence-corrected chi connectivity index (χ2v) is 4.67. The molecule has 5 heteroatoms. The van der Waals surface area contributed by atoms with Crippen LogP contribution in [0.15, 0.2) is 42.5 Å². The summed E-state index contributed by atoms with van der Waals surface area (Å²) < 4.78 is 5.53. The molecule has 2 rings (SSSR count). The van der Waals surface area contributed by atoms with Gasteiger partial charge in [-0.15, -0.1) is 0 Å². The Morgan fingerprint density at radius 1 is 1.14 bits per heavy atom. The van der Waals surface area contributed by atoms with Crippen LogP contribution in [0.4, 0.5) is 0 Å². The van der Waals surface area contributed by atoms with E-state index in [0.717, 1.165) is 5.56 Å². The van der Waals surface area contributed by atoms with Crippen molar-refractivity contribution in [2.75, 3.05) is 0 Å². The molecule has 0 aromatic heterocycles. The van der Waals surface area contributed by atoms with Crippen molar-refractivity contribution in [3.05, 3.63) is 64.7 Å². The van der Waals surface area contributed by atoms with Gasteiger partial charge < -0.3 is 9.84 Å². The van der Waals surface area contributed by atoms with Crippen LogP contribution in [0.25, 0.3) is 0 Å². The van der Waals surface area contributed by atoms with Gasteiger partial charge in [0.05, 0.1) is 17.2 Å². The SMILES string of the molecule is CC(=O)c1ccc(OCc2ccc(C#N)cc2)cc1C(=O)O. The largest absolute Gasteiger partial charge is 0.489 e. The molecule has 0 aliphatic heterocycles. The third kappa shape index (κ3) is 3.49. The molecule has 22 heavy (non-hydrogen) atoms. The summed E-state index contributed by atoms with van der Waals surface area (Å²) in [5, 5.41) is 17.9. The third-order valence-electron chi connectivity index (χ3n) is 3.09. The number of nitrogens with zero attached hydrogens (tertiary/aromatic N) is 1.